The number of sulfone groups is 1. The molecule has 0 aliphatic carbocycles. The third-order valence-electron chi connectivity index (χ3n) is 4.98. The molecule has 0 spiro atoms. The van der Waals surface area contributed by atoms with E-state index in [1.807, 2.05) is 11.8 Å². The van der Waals surface area contributed by atoms with Gasteiger partial charge in [-0.25, -0.2) is 18.4 Å². The molecule has 29 heavy (non-hydrogen) atoms. The quantitative estimate of drug-likeness (QED) is 0.453. The van der Waals surface area contributed by atoms with Gasteiger partial charge in [0.2, 0.25) is 11.9 Å². The van der Waals surface area contributed by atoms with Crippen molar-refractivity contribution in [1.82, 2.24) is 25.5 Å². The maximum Gasteiger partial charge on any atom is 0.225 e. The van der Waals surface area contributed by atoms with E-state index in [0.717, 1.165) is 0 Å². The van der Waals surface area contributed by atoms with Crippen LogP contribution in [0, 0.1) is 0 Å². The Hall–Kier alpha value is -2.43. The van der Waals surface area contributed by atoms with Crippen molar-refractivity contribution in [2.75, 3.05) is 55.7 Å². The highest BCUT2D eigenvalue weighted by atomic mass is 32.2. The van der Waals surface area contributed by atoms with Crippen molar-refractivity contribution in [3.8, 4) is 0 Å². The molecule has 2 saturated heterocycles. The molecule has 3 heterocycles. The van der Waals surface area contributed by atoms with E-state index in [4.69, 9.17) is 0 Å². The zero-order chi connectivity index (χ0) is 20.7. The van der Waals surface area contributed by atoms with Gasteiger partial charge in [-0.05, 0) is 19.4 Å². The van der Waals surface area contributed by atoms with Crippen molar-refractivity contribution in [2.45, 2.75) is 25.8 Å². The summed E-state index contributed by atoms with van der Waals surface area (Å²) >= 11 is 0. The molecule has 11 heteroatoms. The molecule has 1 aromatic rings. The molecule has 1 amide bonds. The number of carbonyl (C=O) groups excluding carboxylic acids is 1. The summed E-state index contributed by atoms with van der Waals surface area (Å²) in [6.07, 6.45) is 4.34. The van der Waals surface area contributed by atoms with E-state index < -0.39 is 9.84 Å². The van der Waals surface area contributed by atoms with E-state index >= 15 is 0 Å². The predicted molar refractivity (Wildman–Crippen MR) is 112 cm³/mol. The number of nitrogens with one attached hydrogen (secondary N) is 2. The molecule has 0 bridgehead atoms. The summed E-state index contributed by atoms with van der Waals surface area (Å²) < 4.78 is 23.2. The molecule has 0 aromatic carbocycles. The molecule has 1 unspecified atom stereocenters. The Morgan fingerprint density at radius 1 is 1.24 bits per heavy atom. The fourth-order valence-corrected chi connectivity index (χ4v) is 5.13. The topological polar surface area (TPSA) is 120 Å². The molecule has 3 rings (SSSR count). The third-order valence-corrected chi connectivity index (χ3v) is 6.75. The van der Waals surface area contributed by atoms with Crippen molar-refractivity contribution in [3.05, 3.63) is 18.5 Å². The van der Waals surface area contributed by atoms with Crippen molar-refractivity contribution in [3.63, 3.8) is 0 Å². The van der Waals surface area contributed by atoms with Gasteiger partial charge < -0.3 is 20.4 Å². The Bertz CT molecular complexity index is 808. The van der Waals surface area contributed by atoms with E-state index in [1.54, 1.807) is 18.5 Å². The van der Waals surface area contributed by atoms with Gasteiger partial charge in [-0.3, -0.25) is 9.79 Å². The van der Waals surface area contributed by atoms with Crippen LogP contribution in [0.2, 0.25) is 0 Å². The second kappa shape index (κ2) is 9.86. The van der Waals surface area contributed by atoms with Gasteiger partial charge >= 0.3 is 0 Å². The monoisotopic (exact) mass is 423 g/mol. The lowest BCUT2D eigenvalue weighted by Crippen LogP contribution is -2.49. The van der Waals surface area contributed by atoms with Gasteiger partial charge in [-0.1, -0.05) is 0 Å². The minimum absolute atomic E-state index is 0.0710. The molecule has 10 nitrogen and oxygen atoms in total. The molecule has 2 fully saturated rings. The van der Waals surface area contributed by atoms with Crippen LogP contribution in [0.5, 0.6) is 0 Å². The van der Waals surface area contributed by atoms with Crippen molar-refractivity contribution in [2.24, 2.45) is 4.99 Å². The van der Waals surface area contributed by atoms with E-state index in [-0.39, 0.29) is 23.5 Å². The number of aliphatic imine (C=N–C) groups is 1. The van der Waals surface area contributed by atoms with Crippen molar-refractivity contribution >= 4 is 27.7 Å². The summed E-state index contributed by atoms with van der Waals surface area (Å²) in [6, 6.07) is 1.66. The van der Waals surface area contributed by atoms with Gasteiger partial charge in [-0.2, -0.15) is 0 Å². The number of piperazine rings is 1. The first-order chi connectivity index (χ1) is 14.0. The lowest BCUT2D eigenvalue weighted by molar-refractivity contribution is -0.131. The number of anilines is 1. The zero-order valence-electron chi connectivity index (χ0n) is 16.7. The standard InChI is InChI=1S/C18H29N7O3S/c1-2-19-17(23-15-5-13-29(27,28)14-15)20-8-4-16(26)24-9-11-25(12-10-24)18-21-6-3-7-22-18/h3,6-7,15H,2,4-5,8-14H2,1H3,(H2,19,20,23). The number of hydrogen-bond donors (Lipinski definition) is 2. The Morgan fingerprint density at radius 3 is 2.59 bits per heavy atom. The molecule has 0 saturated carbocycles. The highest BCUT2D eigenvalue weighted by Crippen LogP contribution is 2.12. The number of carbonyl (C=O) groups is 1. The van der Waals surface area contributed by atoms with Crippen LogP contribution in [0.3, 0.4) is 0 Å². The van der Waals surface area contributed by atoms with Crippen LogP contribution < -0.4 is 15.5 Å². The fraction of sp³-hybridized carbons (Fsp3) is 0.667. The van der Waals surface area contributed by atoms with Crippen LogP contribution in [0.1, 0.15) is 19.8 Å². The molecule has 2 N–H and O–H groups in total. The number of hydrogen-bond acceptors (Lipinski definition) is 7. The number of nitrogens with zero attached hydrogens (tertiary/aromatic N) is 5. The second-order valence-corrected chi connectivity index (χ2v) is 9.40. The summed E-state index contributed by atoms with van der Waals surface area (Å²) in [5, 5.41) is 6.28. The highest BCUT2D eigenvalue weighted by molar-refractivity contribution is 7.91. The number of rotatable bonds is 6. The van der Waals surface area contributed by atoms with Gasteiger partial charge in [-0.15, -0.1) is 0 Å². The Balaban J connectivity index is 1.44. The first-order valence-corrected chi connectivity index (χ1v) is 11.8. The van der Waals surface area contributed by atoms with Gasteiger partial charge in [0.1, 0.15) is 0 Å². The summed E-state index contributed by atoms with van der Waals surface area (Å²) in [4.78, 5) is 29.4. The third kappa shape index (κ3) is 6.28. The van der Waals surface area contributed by atoms with Gasteiger partial charge in [0.25, 0.3) is 0 Å². The Morgan fingerprint density at radius 2 is 1.97 bits per heavy atom. The predicted octanol–water partition coefficient (Wildman–Crippen LogP) is -0.742. The summed E-state index contributed by atoms with van der Waals surface area (Å²) in [5.74, 6) is 1.67. The minimum atomic E-state index is -2.95. The average molecular weight is 424 g/mol. The molecule has 2 aliphatic rings. The van der Waals surface area contributed by atoms with Crippen molar-refractivity contribution < 1.29 is 13.2 Å². The highest BCUT2D eigenvalue weighted by Gasteiger charge is 2.28. The second-order valence-electron chi connectivity index (χ2n) is 7.17. The first-order valence-electron chi connectivity index (χ1n) is 10.0. The minimum Gasteiger partial charge on any atom is -0.357 e. The molecular weight excluding hydrogens is 394 g/mol. The molecule has 160 valence electrons. The largest absolute Gasteiger partial charge is 0.357 e. The maximum absolute atomic E-state index is 12.5. The molecule has 1 atom stereocenters. The average Bonchev–Trinajstić information content (AvgIpc) is 3.07. The van der Waals surface area contributed by atoms with Crippen LogP contribution in [0.15, 0.2) is 23.5 Å². The number of aromatic nitrogens is 2. The van der Waals surface area contributed by atoms with Crippen LogP contribution >= 0.6 is 0 Å². The van der Waals surface area contributed by atoms with Gasteiger partial charge in [0.15, 0.2) is 15.8 Å². The Labute approximate surface area is 171 Å². The molecule has 0 radical (unpaired) electrons. The van der Waals surface area contributed by atoms with Gasteiger partial charge in [0, 0.05) is 57.6 Å². The fourth-order valence-electron chi connectivity index (χ4n) is 3.45. The molecule has 1 aromatic heterocycles. The summed E-state index contributed by atoms with van der Waals surface area (Å²) in [6.45, 7) is 5.67. The molecule has 2 aliphatic heterocycles. The summed E-state index contributed by atoms with van der Waals surface area (Å²) in [7, 11) is -2.95. The Kier molecular flexibility index (Phi) is 7.24. The number of guanidine groups is 1. The maximum atomic E-state index is 12.5. The van der Waals surface area contributed by atoms with Gasteiger partial charge in [0.05, 0.1) is 18.1 Å². The van der Waals surface area contributed by atoms with Crippen LogP contribution in [-0.4, -0.2) is 92.0 Å². The smallest absolute Gasteiger partial charge is 0.225 e. The van der Waals surface area contributed by atoms with E-state index in [1.165, 1.54) is 0 Å². The SMILES string of the molecule is CCNC(=NCCC(=O)N1CCN(c2ncccn2)CC1)NC1CCS(=O)(=O)C1. The van der Waals surface area contributed by atoms with Crippen molar-refractivity contribution in [1.29, 1.82) is 0 Å². The molecular formula is C18H29N7O3S. The summed E-state index contributed by atoms with van der Waals surface area (Å²) in [5.41, 5.74) is 0. The van der Waals surface area contributed by atoms with Crippen LogP contribution in [0.25, 0.3) is 0 Å². The first kappa shape index (κ1) is 21.3. The van der Waals surface area contributed by atoms with E-state index in [0.29, 0.717) is 64.0 Å². The van der Waals surface area contributed by atoms with Crippen LogP contribution in [-0.2, 0) is 14.6 Å². The van der Waals surface area contributed by atoms with Crippen LogP contribution in [0.4, 0.5) is 5.95 Å². The van der Waals surface area contributed by atoms with E-state index in [9.17, 15) is 13.2 Å². The normalized spacial score (nSPS) is 21.8. The number of amides is 1. The lowest BCUT2D eigenvalue weighted by atomic mass is 10.2. The zero-order valence-corrected chi connectivity index (χ0v) is 17.6. The lowest BCUT2D eigenvalue weighted by Gasteiger charge is -2.34. The van der Waals surface area contributed by atoms with E-state index in [2.05, 4.69) is 30.5 Å².